The largest absolute Gasteiger partial charge is 0.355 e. The van der Waals surface area contributed by atoms with Gasteiger partial charge in [0.1, 0.15) is 5.82 Å². The highest BCUT2D eigenvalue weighted by Crippen LogP contribution is 2.24. The maximum Gasteiger partial charge on any atom is 0.224 e. The van der Waals surface area contributed by atoms with E-state index in [0.717, 1.165) is 34.5 Å². The number of rotatable bonds is 8. The summed E-state index contributed by atoms with van der Waals surface area (Å²) in [6.07, 6.45) is 1.04. The van der Waals surface area contributed by atoms with Crippen molar-refractivity contribution in [2.24, 2.45) is 0 Å². The summed E-state index contributed by atoms with van der Waals surface area (Å²) < 4.78 is 2.27. The first-order valence-electron chi connectivity index (χ1n) is 13.3. The molecule has 0 aliphatic carbocycles. The van der Waals surface area contributed by atoms with Gasteiger partial charge in [0.05, 0.1) is 17.5 Å². The van der Waals surface area contributed by atoms with Crippen LogP contribution in [-0.4, -0.2) is 22.0 Å². The highest BCUT2D eigenvalue weighted by molar-refractivity contribution is 5.79. The number of hydrogen-bond acceptors (Lipinski definition) is 2. The molecule has 0 saturated heterocycles. The summed E-state index contributed by atoms with van der Waals surface area (Å²) in [5.41, 5.74) is 8.14. The molecule has 0 unspecified atom stereocenters. The lowest BCUT2D eigenvalue weighted by molar-refractivity contribution is -0.120. The summed E-state index contributed by atoms with van der Waals surface area (Å²) in [5.74, 6) is 1.01. The fourth-order valence-electron chi connectivity index (χ4n) is 4.79. The van der Waals surface area contributed by atoms with Crippen molar-refractivity contribution >= 4 is 16.9 Å². The van der Waals surface area contributed by atoms with Gasteiger partial charge in [-0.2, -0.15) is 0 Å². The molecule has 0 saturated carbocycles. The van der Waals surface area contributed by atoms with Gasteiger partial charge in [-0.05, 0) is 45.4 Å². The Balaban J connectivity index is 1.22. The van der Waals surface area contributed by atoms with E-state index >= 15 is 0 Å². The van der Waals surface area contributed by atoms with Gasteiger partial charge in [-0.25, -0.2) is 4.98 Å². The molecule has 5 aromatic rings. The highest BCUT2D eigenvalue weighted by Gasteiger charge is 2.15. The first kappa shape index (κ1) is 25.5. The molecule has 0 aliphatic rings. The Labute approximate surface area is 225 Å². The van der Waals surface area contributed by atoms with Gasteiger partial charge < -0.3 is 9.88 Å². The number of nitrogens with one attached hydrogen (secondary N) is 1. The van der Waals surface area contributed by atoms with Crippen molar-refractivity contribution < 1.29 is 4.79 Å². The summed E-state index contributed by atoms with van der Waals surface area (Å²) in [6.45, 7) is 8.00. The fourth-order valence-corrected chi connectivity index (χ4v) is 4.79. The molecule has 38 heavy (non-hydrogen) atoms. The summed E-state index contributed by atoms with van der Waals surface area (Å²) in [4.78, 5) is 17.6. The number of amides is 1. The van der Waals surface area contributed by atoms with Crippen LogP contribution in [0, 0.1) is 0 Å². The number of imidazole rings is 1. The lowest BCUT2D eigenvalue weighted by Crippen LogP contribution is -2.28. The molecule has 0 atom stereocenters. The third kappa shape index (κ3) is 6.03. The van der Waals surface area contributed by atoms with Crippen LogP contribution in [0.2, 0.25) is 0 Å². The van der Waals surface area contributed by atoms with Crippen molar-refractivity contribution in [3.05, 3.63) is 126 Å². The van der Waals surface area contributed by atoms with Gasteiger partial charge in [-0.1, -0.05) is 112 Å². The van der Waals surface area contributed by atoms with Crippen molar-refractivity contribution in [3.8, 4) is 11.1 Å². The molecule has 0 bridgehead atoms. The van der Waals surface area contributed by atoms with E-state index in [-0.39, 0.29) is 11.3 Å². The van der Waals surface area contributed by atoms with Crippen molar-refractivity contribution in [2.45, 2.75) is 45.6 Å². The molecule has 4 heteroatoms. The number of aromatic nitrogens is 2. The molecule has 1 amide bonds. The minimum atomic E-state index is 0.0258. The molecule has 1 N–H and O–H groups in total. The lowest BCUT2D eigenvalue weighted by atomic mass is 9.87. The predicted octanol–water partition coefficient (Wildman–Crippen LogP) is 6.95. The van der Waals surface area contributed by atoms with E-state index in [1.165, 1.54) is 16.7 Å². The van der Waals surface area contributed by atoms with E-state index in [2.05, 4.69) is 97.4 Å². The Hall–Kier alpha value is -4.18. The number of hydrogen-bond donors (Lipinski definition) is 1. The minimum absolute atomic E-state index is 0.0258. The van der Waals surface area contributed by atoms with E-state index < -0.39 is 0 Å². The number of carbonyl (C=O) groups excluding carboxylic acids is 1. The molecule has 4 nitrogen and oxygen atoms in total. The molecule has 4 aromatic carbocycles. The van der Waals surface area contributed by atoms with E-state index in [1.54, 1.807) is 0 Å². The Morgan fingerprint density at radius 3 is 2.11 bits per heavy atom. The van der Waals surface area contributed by atoms with E-state index in [1.807, 2.05) is 36.4 Å². The van der Waals surface area contributed by atoms with Crippen molar-refractivity contribution in [1.82, 2.24) is 14.9 Å². The molecule has 0 aliphatic heterocycles. The van der Waals surface area contributed by atoms with Crippen LogP contribution in [0.4, 0.5) is 0 Å². The van der Waals surface area contributed by atoms with Gasteiger partial charge in [0.15, 0.2) is 0 Å². The van der Waals surface area contributed by atoms with E-state index in [9.17, 15) is 4.79 Å². The van der Waals surface area contributed by atoms with Crippen molar-refractivity contribution in [2.75, 3.05) is 6.54 Å². The third-order valence-electron chi connectivity index (χ3n) is 6.99. The van der Waals surface area contributed by atoms with Gasteiger partial charge >= 0.3 is 0 Å². The molecular formula is C34H35N3O. The van der Waals surface area contributed by atoms with Crippen LogP contribution < -0.4 is 5.32 Å². The van der Waals surface area contributed by atoms with Crippen LogP contribution >= 0.6 is 0 Å². The molecule has 1 heterocycles. The smallest absolute Gasteiger partial charge is 0.224 e. The fraction of sp³-hybridized carbons (Fsp3) is 0.235. The molecule has 192 valence electrons. The standard InChI is InChI=1S/C34H35N3O/c1-34(2,3)29-19-15-26(16-20-29)24-37-31-12-8-7-11-30(31)36-32(37)21-22-35-33(38)23-25-13-17-28(18-14-25)27-9-5-4-6-10-27/h4-20H,21-24H2,1-3H3,(H,35,38). The van der Waals surface area contributed by atoms with Crippen LogP contribution in [0.1, 0.15) is 43.3 Å². The van der Waals surface area contributed by atoms with Crippen molar-refractivity contribution in [1.29, 1.82) is 0 Å². The average molecular weight is 502 g/mol. The molecular weight excluding hydrogens is 466 g/mol. The van der Waals surface area contributed by atoms with Gasteiger partial charge in [-0.15, -0.1) is 0 Å². The monoisotopic (exact) mass is 501 g/mol. The zero-order chi connectivity index (χ0) is 26.5. The van der Waals surface area contributed by atoms with Gasteiger partial charge in [0, 0.05) is 19.5 Å². The molecule has 1 aromatic heterocycles. The van der Waals surface area contributed by atoms with E-state index in [4.69, 9.17) is 4.98 Å². The second kappa shape index (κ2) is 11.1. The number of benzene rings is 4. The van der Waals surface area contributed by atoms with Gasteiger partial charge in [-0.3, -0.25) is 4.79 Å². The normalized spacial score (nSPS) is 11.6. The summed E-state index contributed by atoms with van der Waals surface area (Å²) in [6, 6.07) is 35.6. The first-order chi connectivity index (χ1) is 18.4. The second-order valence-electron chi connectivity index (χ2n) is 10.9. The minimum Gasteiger partial charge on any atom is -0.355 e. The Bertz CT molecular complexity index is 1510. The van der Waals surface area contributed by atoms with Crippen LogP contribution in [0.5, 0.6) is 0 Å². The third-order valence-corrected chi connectivity index (χ3v) is 6.99. The van der Waals surface area contributed by atoms with Crippen LogP contribution in [-0.2, 0) is 29.6 Å². The SMILES string of the molecule is CC(C)(C)c1ccc(Cn2c(CCNC(=O)Cc3ccc(-c4ccccc4)cc3)nc3ccccc32)cc1. The highest BCUT2D eigenvalue weighted by atomic mass is 16.1. The van der Waals surface area contributed by atoms with E-state index in [0.29, 0.717) is 19.4 Å². The molecule has 5 rings (SSSR count). The molecule has 0 radical (unpaired) electrons. The first-order valence-corrected chi connectivity index (χ1v) is 13.3. The molecule has 0 fully saturated rings. The maximum absolute atomic E-state index is 12.7. The van der Waals surface area contributed by atoms with Crippen LogP contribution in [0.15, 0.2) is 103 Å². The van der Waals surface area contributed by atoms with Gasteiger partial charge in [0.2, 0.25) is 5.91 Å². The summed E-state index contributed by atoms with van der Waals surface area (Å²) >= 11 is 0. The Kier molecular flexibility index (Phi) is 7.41. The second-order valence-corrected chi connectivity index (χ2v) is 10.9. The van der Waals surface area contributed by atoms with Gasteiger partial charge in [0.25, 0.3) is 0 Å². The zero-order valence-electron chi connectivity index (χ0n) is 22.4. The maximum atomic E-state index is 12.7. The number of nitrogens with zero attached hydrogens (tertiary/aromatic N) is 2. The Morgan fingerprint density at radius 1 is 0.763 bits per heavy atom. The topological polar surface area (TPSA) is 46.9 Å². The average Bonchev–Trinajstić information content (AvgIpc) is 3.26. The van der Waals surface area contributed by atoms with Crippen LogP contribution in [0.25, 0.3) is 22.2 Å². The predicted molar refractivity (Wildman–Crippen MR) is 156 cm³/mol. The summed E-state index contributed by atoms with van der Waals surface area (Å²) in [5, 5.41) is 3.09. The van der Waals surface area contributed by atoms with Crippen LogP contribution in [0.3, 0.4) is 0 Å². The number of fused-ring (bicyclic) bond motifs is 1. The Morgan fingerprint density at radius 2 is 1.39 bits per heavy atom. The quantitative estimate of drug-likeness (QED) is 0.250. The lowest BCUT2D eigenvalue weighted by Gasteiger charge is -2.19. The molecule has 0 spiro atoms. The number of para-hydroxylation sites is 2. The van der Waals surface area contributed by atoms with Crippen molar-refractivity contribution in [3.63, 3.8) is 0 Å². The summed E-state index contributed by atoms with van der Waals surface area (Å²) in [7, 11) is 0. The zero-order valence-corrected chi connectivity index (χ0v) is 22.4. The number of carbonyl (C=O) groups is 1.